The quantitative estimate of drug-likeness (QED) is 0.567. The number of hydrazine groups is 1. The van der Waals surface area contributed by atoms with Gasteiger partial charge in [0.05, 0.1) is 13.1 Å². The predicted molar refractivity (Wildman–Crippen MR) is 137 cm³/mol. The minimum atomic E-state index is -0.673. The summed E-state index contributed by atoms with van der Waals surface area (Å²) in [7, 11) is 1.67. The summed E-state index contributed by atoms with van der Waals surface area (Å²) >= 11 is 1.59. The SMILES string of the molecule is CSCC[C@H]1C(=O)N(CCc2ccc(F)cc2)C[C@H]2N1C(=O)CN(C)N2C(=O)NCc1ccc(F)cc1. The van der Waals surface area contributed by atoms with Crippen LogP contribution in [0.3, 0.4) is 0 Å². The number of amides is 4. The van der Waals surface area contributed by atoms with Crippen molar-refractivity contribution in [2.75, 3.05) is 38.7 Å². The maximum Gasteiger partial charge on any atom is 0.334 e. The zero-order chi connectivity index (χ0) is 26.5. The lowest BCUT2D eigenvalue weighted by Gasteiger charge is -2.54. The molecule has 0 bridgehead atoms. The Labute approximate surface area is 219 Å². The predicted octanol–water partition coefficient (Wildman–Crippen LogP) is 2.70. The molecule has 0 saturated carbocycles. The van der Waals surface area contributed by atoms with Crippen molar-refractivity contribution in [3.8, 4) is 0 Å². The van der Waals surface area contributed by atoms with E-state index in [0.717, 1.165) is 11.1 Å². The van der Waals surface area contributed by atoms with Crippen LogP contribution in [0.4, 0.5) is 13.6 Å². The molecule has 2 atom stereocenters. The van der Waals surface area contributed by atoms with Crippen molar-refractivity contribution in [2.24, 2.45) is 0 Å². The van der Waals surface area contributed by atoms with Crippen molar-refractivity contribution in [3.63, 3.8) is 0 Å². The topological polar surface area (TPSA) is 76.2 Å². The molecule has 0 spiro atoms. The molecular weight excluding hydrogens is 500 g/mol. The number of hydrogen-bond donors (Lipinski definition) is 1. The zero-order valence-electron chi connectivity index (χ0n) is 20.9. The smallest absolute Gasteiger partial charge is 0.334 e. The molecule has 1 N–H and O–H groups in total. The van der Waals surface area contributed by atoms with Gasteiger partial charge >= 0.3 is 6.03 Å². The van der Waals surface area contributed by atoms with Crippen LogP contribution in [-0.4, -0.2) is 88.6 Å². The maximum atomic E-state index is 13.5. The fraction of sp³-hybridized carbons (Fsp3) is 0.423. The van der Waals surface area contributed by atoms with E-state index in [0.29, 0.717) is 25.1 Å². The molecule has 8 nitrogen and oxygen atoms in total. The van der Waals surface area contributed by atoms with Crippen molar-refractivity contribution >= 4 is 29.6 Å². The first kappa shape index (κ1) is 26.9. The van der Waals surface area contributed by atoms with Crippen molar-refractivity contribution in [3.05, 3.63) is 71.3 Å². The minimum Gasteiger partial charge on any atom is -0.337 e. The highest BCUT2D eigenvalue weighted by molar-refractivity contribution is 7.98. The molecule has 2 aromatic carbocycles. The number of likely N-dealkylation sites (N-methyl/N-ethyl adjacent to an activating group) is 1. The van der Waals surface area contributed by atoms with Gasteiger partial charge in [-0.15, -0.1) is 0 Å². The van der Waals surface area contributed by atoms with E-state index in [9.17, 15) is 23.2 Å². The van der Waals surface area contributed by atoms with E-state index >= 15 is 0 Å². The number of nitrogens with one attached hydrogen (secondary N) is 1. The first-order valence-electron chi connectivity index (χ1n) is 12.1. The van der Waals surface area contributed by atoms with Gasteiger partial charge in [0.2, 0.25) is 11.8 Å². The highest BCUT2D eigenvalue weighted by atomic mass is 32.2. The second-order valence-electron chi connectivity index (χ2n) is 9.19. The van der Waals surface area contributed by atoms with Gasteiger partial charge in [-0.3, -0.25) is 9.59 Å². The third-order valence-corrected chi connectivity index (χ3v) is 7.33. The molecule has 2 aromatic rings. The fourth-order valence-electron chi connectivity index (χ4n) is 4.79. The zero-order valence-corrected chi connectivity index (χ0v) is 21.7. The van der Waals surface area contributed by atoms with Gasteiger partial charge in [-0.25, -0.2) is 23.6 Å². The largest absolute Gasteiger partial charge is 0.337 e. The van der Waals surface area contributed by atoms with Crippen molar-refractivity contribution in [2.45, 2.75) is 31.6 Å². The van der Waals surface area contributed by atoms with Crippen LogP contribution in [0.15, 0.2) is 48.5 Å². The summed E-state index contributed by atoms with van der Waals surface area (Å²) in [6.45, 7) is 0.704. The van der Waals surface area contributed by atoms with Crippen molar-refractivity contribution < 1.29 is 23.2 Å². The number of hydrogen-bond acceptors (Lipinski definition) is 5. The Morgan fingerprint density at radius 3 is 2.27 bits per heavy atom. The Morgan fingerprint density at radius 1 is 1.03 bits per heavy atom. The number of piperazine rings is 1. The van der Waals surface area contributed by atoms with E-state index in [4.69, 9.17) is 0 Å². The molecule has 198 valence electrons. The average Bonchev–Trinajstić information content (AvgIpc) is 2.87. The molecule has 4 rings (SSSR count). The summed E-state index contributed by atoms with van der Waals surface area (Å²) < 4.78 is 26.6. The van der Waals surface area contributed by atoms with Crippen molar-refractivity contribution in [1.29, 1.82) is 0 Å². The molecule has 2 saturated heterocycles. The first-order chi connectivity index (χ1) is 17.8. The molecule has 2 aliphatic rings. The standard InChI is InChI=1S/C26H31F2N5O3S/c1-30-17-24(34)32-22(12-14-37-2)25(35)31(13-11-18-3-7-20(27)8-4-18)16-23(32)33(30)26(36)29-15-19-5-9-21(28)10-6-19/h3-10,22-23H,11-17H2,1-2H3,(H,29,36)/t22-,23-/m0/s1. The van der Waals surface area contributed by atoms with Crippen LogP contribution in [0.5, 0.6) is 0 Å². The van der Waals surface area contributed by atoms with Crippen LogP contribution >= 0.6 is 11.8 Å². The summed E-state index contributed by atoms with van der Waals surface area (Å²) in [4.78, 5) is 43.2. The number of benzene rings is 2. The number of carbonyl (C=O) groups excluding carboxylic acids is 3. The molecule has 4 amide bonds. The van der Waals surface area contributed by atoms with Crippen molar-refractivity contribution in [1.82, 2.24) is 25.1 Å². The molecule has 2 aliphatic heterocycles. The average molecular weight is 532 g/mol. The van der Waals surface area contributed by atoms with Crippen LogP contribution in [0.1, 0.15) is 17.5 Å². The molecule has 2 heterocycles. The van der Waals surface area contributed by atoms with Gasteiger partial charge < -0.3 is 15.1 Å². The molecule has 11 heteroatoms. The lowest BCUT2D eigenvalue weighted by Crippen LogP contribution is -2.76. The van der Waals surface area contributed by atoms with E-state index in [-0.39, 0.29) is 43.1 Å². The number of thioether (sulfide) groups is 1. The summed E-state index contributed by atoms with van der Waals surface area (Å²) in [5.41, 5.74) is 1.63. The molecule has 0 unspecified atom stereocenters. The number of urea groups is 1. The Morgan fingerprint density at radius 2 is 1.65 bits per heavy atom. The summed E-state index contributed by atoms with van der Waals surface area (Å²) in [5.74, 6) is -0.337. The highest BCUT2D eigenvalue weighted by Crippen LogP contribution is 2.28. The Kier molecular flexibility index (Phi) is 8.65. The molecule has 0 aromatic heterocycles. The van der Waals surface area contributed by atoms with E-state index in [1.807, 2.05) is 6.26 Å². The maximum absolute atomic E-state index is 13.5. The first-order valence-corrected chi connectivity index (χ1v) is 13.5. The minimum absolute atomic E-state index is 0.0287. The van der Waals surface area contributed by atoms with Gasteiger partial charge in [0, 0.05) is 20.1 Å². The van der Waals surface area contributed by atoms with Gasteiger partial charge in [0.15, 0.2) is 0 Å². The van der Waals surface area contributed by atoms with Gasteiger partial charge in [-0.1, -0.05) is 24.3 Å². The van der Waals surface area contributed by atoms with Crippen LogP contribution in [0, 0.1) is 11.6 Å². The lowest BCUT2D eigenvalue weighted by atomic mass is 10.0. The Balaban J connectivity index is 1.54. The summed E-state index contributed by atoms with van der Waals surface area (Å²) in [6, 6.07) is 10.9. The third-order valence-electron chi connectivity index (χ3n) is 6.68. The van der Waals surface area contributed by atoms with Gasteiger partial charge in [0.1, 0.15) is 23.8 Å². The van der Waals surface area contributed by atoms with E-state index < -0.39 is 18.2 Å². The van der Waals surface area contributed by atoms with E-state index in [2.05, 4.69) is 5.32 Å². The Bertz CT molecular complexity index is 1120. The number of nitrogens with zero attached hydrogens (tertiary/aromatic N) is 4. The molecule has 0 aliphatic carbocycles. The normalized spacial score (nSPS) is 20.3. The summed E-state index contributed by atoms with van der Waals surface area (Å²) in [5, 5.41) is 5.92. The number of rotatable bonds is 8. The molecule has 0 radical (unpaired) electrons. The van der Waals surface area contributed by atoms with E-state index in [1.54, 1.807) is 57.9 Å². The van der Waals surface area contributed by atoms with Gasteiger partial charge in [-0.05, 0) is 60.2 Å². The van der Waals surface area contributed by atoms with Crippen LogP contribution < -0.4 is 5.32 Å². The number of fused-ring (bicyclic) bond motifs is 1. The molecular formula is C26H31F2N5O3S. The van der Waals surface area contributed by atoms with Gasteiger partial charge in [-0.2, -0.15) is 11.8 Å². The molecule has 37 heavy (non-hydrogen) atoms. The monoisotopic (exact) mass is 531 g/mol. The summed E-state index contributed by atoms with van der Waals surface area (Å²) in [6.07, 6.45) is 2.27. The number of halogens is 2. The van der Waals surface area contributed by atoms with Crippen LogP contribution in [-0.2, 0) is 22.6 Å². The van der Waals surface area contributed by atoms with Crippen LogP contribution in [0.2, 0.25) is 0 Å². The Hall–Kier alpha value is -3.18. The van der Waals surface area contributed by atoms with Crippen LogP contribution in [0.25, 0.3) is 0 Å². The fourth-order valence-corrected chi connectivity index (χ4v) is 5.25. The molecule has 2 fully saturated rings. The highest BCUT2D eigenvalue weighted by Gasteiger charge is 2.50. The third kappa shape index (κ3) is 6.22. The number of carbonyl (C=O) groups is 3. The second-order valence-corrected chi connectivity index (χ2v) is 10.2. The van der Waals surface area contributed by atoms with Gasteiger partial charge in [0.25, 0.3) is 0 Å². The lowest BCUT2D eigenvalue weighted by molar-refractivity contribution is -0.187. The van der Waals surface area contributed by atoms with E-state index in [1.165, 1.54) is 29.3 Å². The second kappa shape index (κ2) is 11.9.